The first kappa shape index (κ1) is 12.6. The van der Waals surface area contributed by atoms with E-state index in [4.69, 9.17) is 0 Å². The molecule has 0 spiro atoms. The molecule has 3 N–H and O–H groups in total. The van der Waals surface area contributed by atoms with Gasteiger partial charge in [-0.25, -0.2) is 4.98 Å². The van der Waals surface area contributed by atoms with E-state index in [-0.39, 0.29) is 0 Å². The predicted octanol–water partition coefficient (Wildman–Crippen LogP) is 2.39. The summed E-state index contributed by atoms with van der Waals surface area (Å²) in [6.45, 7) is 6.06. The van der Waals surface area contributed by atoms with Gasteiger partial charge in [-0.2, -0.15) is 9.97 Å². The van der Waals surface area contributed by atoms with Crippen LogP contribution in [0.1, 0.15) is 33.1 Å². The zero-order chi connectivity index (χ0) is 12.8. The molecule has 0 saturated carbocycles. The van der Waals surface area contributed by atoms with Gasteiger partial charge in [-0.05, 0) is 12.8 Å². The maximum Gasteiger partial charge on any atom is 0.226 e. The maximum absolute atomic E-state index is 4.48. The van der Waals surface area contributed by atoms with E-state index in [1.54, 1.807) is 6.33 Å². The first-order valence-corrected chi connectivity index (χ1v) is 6.54. The second-order valence-electron chi connectivity index (χ2n) is 4.20. The lowest BCUT2D eigenvalue weighted by Gasteiger charge is -2.08. The molecule has 2 aromatic rings. The summed E-state index contributed by atoms with van der Waals surface area (Å²) in [6, 6.07) is 0. The van der Waals surface area contributed by atoms with Crippen molar-refractivity contribution in [3.8, 4) is 0 Å². The smallest absolute Gasteiger partial charge is 0.226 e. The molecule has 0 bridgehead atoms. The summed E-state index contributed by atoms with van der Waals surface area (Å²) in [5, 5.41) is 6.52. The van der Waals surface area contributed by atoms with Crippen LogP contribution in [0.5, 0.6) is 0 Å². The van der Waals surface area contributed by atoms with E-state index in [1.807, 2.05) is 0 Å². The van der Waals surface area contributed by atoms with Crippen molar-refractivity contribution in [1.29, 1.82) is 0 Å². The lowest BCUT2D eigenvalue weighted by atomic mass is 10.3. The number of aromatic nitrogens is 4. The van der Waals surface area contributed by atoms with Gasteiger partial charge in [-0.1, -0.05) is 20.3 Å². The second kappa shape index (κ2) is 6.18. The minimum Gasteiger partial charge on any atom is -0.368 e. The number of H-pyrrole nitrogens is 1. The zero-order valence-electron chi connectivity index (χ0n) is 11.0. The Labute approximate surface area is 107 Å². The minimum absolute atomic E-state index is 0.635. The van der Waals surface area contributed by atoms with Crippen molar-refractivity contribution in [2.24, 2.45) is 0 Å². The molecule has 0 amide bonds. The summed E-state index contributed by atoms with van der Waals surface area (Å²) < 4.78 is 0. The van der Waals surface area contributed by atoms with Crippen molar-refractivity contribution in [3.05, 3.63) is 6.33 Å². The van der Waals surface area contributed by atoms with E-state index in [2.05, 4.69) is 44.4 Å². The van der Waals surface area contributed by atoms with E-state index in [0.29, 0.717) is 11.6 Å². The Bertz CT molecular complexity index is 492. The minimum atomic E-state index is 0.635. The van der Waals surface area contributed by atoms with Crippen LogP contribution in [-0.2, 0) is 0 Å². The molecule has 98 valence electrons. The molecule has 18 heavy (non-hydrogen) atoms. The third kappa shape index (κ3) is 2.88. The van der Waals surface area contributed by atoms with Crippen molar-refractivity contribution < 1.29 is 0 Å². The van der Waals surface area contributed by atoms with Crippen molar-refractivity contribution in [2.75, 3.05) is 23.7 Å². The molecule has 2 aromatic heterocycles. The summed E-state index contributed by atoms with van der Waals surface area (Å²) in [4.78, 5) is 16.1. The molecule has 6 heteroatoms. The lowest BCUT2D eigenvalue weighted by Crippen LogP contribution is -2.09. The van der Waals surface area contributed by atoms with Gasteiger partial charge in [0.15, 0.2) is 11.5 Å². The van der Waals surface area contributed by atoms with Gasteiger partial charge < -0.3 is 15.6 Å². The number of rotatable bonds is 7. The van der Waals surface area contributed by atoms with Crippen LogP contribution in [0.3, 0.4) is 0 Å². The highest BCUT2D eigenvalue weighted by Crippen LogP contribution is 2.18. The van der Waals surface area contributed by atoms with Crippen LogP contribution in [0.15, 0.2) is 6.33 Å². The Kier molecular flexibility index (Phi) is 4.33. The van der Waals surface area contributed by atoms with E-state index in [9.17, 15) is 0 Å². The number of hydrogen-bond acceptors (Lipinski definition) is 5. The van der Waals surface area contributed by atoms with Crippen molar-refractivity contribution >= 4 is 22.9 Å². The van der Waals surface area contributed by atoms with E-state index >= 15 is 0 Å². The topological polar surface area (TPSA) is 78.5 Å². The highest BCUT2D eigenvalue weighted by Gasteiger charge is 2.08. The summed E-state index contributed by atoms with van der Waals surface area (Å²) in [5.74, 6) is 1.46. The average Bonchev–Trinajstić information content (AvgIpc) is 2.85. The molecule has 0 atom stereocenters. The molecular weight excluding hydrogens is 228 g/mol. The van der Waals surface area contributed by atoms with Crippen molar-refractivity contribution in [1.82, 2.24) is 19.9 Å². The van der Waals surface area contributed by atoms with E-state index < -0.39 is 0 Å². The standard InChI is InChI=1S/C12H20N6/c1-3-5-7-13-10-9-11(16-8-15-9)18-12(17-10)14-6-4-2/h8H,3-7H2,1-2H3,(H3,13,14,15,16,17,18). The van der Waals surface area contributed by atoms with Gasteiger partial charge in [0.25, 0.3) is 0 Å². The Morgan fingerprint density at radius 1 is 1.11 bits per heavy atom. The molecule has 0 saturated heterocycles. The average molecular weight is 248 g/mol. The third-order valence-corrected chi connectivity index (χ3v) is 2.64. The van der Waals surface area contributed by atoms with E-state index in [1.165, 1.54) is 0 Å². The zero-order valence-corrected chi connectivity index (χ0v) is 11.0. The summed E-state index contributed by atoms with van der Waals surface area (Å²) in [7, 11) is 0. The second-order valence-corrected chi connectivity index (χ2v) is 4.20. The van der Waals surface area contributed by atoms with Gasteiger partial charge in [0.2, 0.25) is 5.95 Å². The molecule has 0 aliphatic heterocycles. The fourth-order valence-electron chi connectivity index (χ4n) is 1.66. The predicted molar refractivity (Wildman–Crippen MR) is 73.9 cm³/mol. The Balaban J connectivity index is 2.21. The molecule has 2 rings (SSSR count). The number of anilines is 2. The summed E-state index contributed by atoms with van der Waals surface area (Å²) in [6.07, 6.45) is 4.97. The molecule has 0 radical (unpaired) electrons. The normalized spacial score (nSPS) is 10.8. The first-order valence-electron chi connectivity index (χ1n) is 6.54. The van der Waals surface area contributed by atoms with Crippen LogP contribution in [0.2, 0.25) is 0 Å². The van der Waals surface area contributed by atoms with Crippen LogP contribution < -0.4 is 10.6 Å². The fraction of sp³-hybridized carbons (Fsp3) is 0.583. The summed E-state index contributed by atoms with van der Waals surface area (Å²) in [5.41, 5.74) is 1.57. The van der Waals surface area contributed by atoms with Gasteiger partial charge in [-0.15, -0.1) is 0 Å². The molecule has 0 aliphatic rings. The van der Waals surface area contributed by atoms with Crippen molar-refractivity contribution in [2.45, 2.75) is 33.1 Å². The van der Waals surface area contributed by atoms with Crippen LogP contribution in [0, 0.1) is 0 Å². The number of nitrogens with zero attached hydrogens (tertiary/aromatic N) is 3. The highest BCUT2D eigenvalue weighted by atomic mass is 15.2. The molecule has 2 heterocycles. The van der Waals surface area contributed by atoms with Gasteiger partial charge >= 0.3 is 0 Å². The van der Waals surface area contributed by atoms with Gasteiger partial charge in [0, 0.05) is 13.1 Å². The van der Waals surface area contributed by atoms with Crippen LogP contribution in [-0.4, -0.2) is 33.0 Å². The monoisotopic (exact) mass is 248 g/mol. The number of nitrogens with one attached hydrogen (secondary N) is 3. The quantitative estimate of drug-likeness (QED) is 0.656. The molecule has 0 aromatic carbocycles. The molecule has 0 fully saturated rings. The fourth-order valence-corrected chi connectivity index (χ4v) is 1.66. The Hall–Kier alpha value is -1.85. The maximum atomic E-state index is 4.48. The van der Waals surface area contributed by atoms with Gasteiger partial charge in [0.1, 0.15) is 5.52 Å². The molecular formula is C12H20N6. The summed E-state index contributed by atoms with van der Waals surface area (Å²) >= 11 is 0. The SMILES string of the molecule is CCCCNc1nc(NCCC)nc2nc[nH]c12. The number of hydrogen-bond donors (Lipinski definition) is 3. The lowest BCUT2D eigenvalue weighted by molar-refractivity contribution is 0.831. The van der Waals surface area contributed by atoms with Crippen LogP contribution in [0.4, 0.5) is 11.8 Å². The molecule has 6 nitrogen and oxygen atoms in total. The number of fused-ring (bicyclic) bond motifs is 1. The van der Waals surface area contributed by atoms with Gasteiger partial charge in [-0.3, -0.25) is 0 Å². The third-order valence-electron chi connectivity index (χ3n) is 2.64. The van der Waals surface area contributed by atoms with Gasteiger partial charge in [0.05, 0.1) is 6.33 Å². The Morgan fingerprint density at radius 2 is 2.00 bits per heavy atom. The Morgan fingerprint density at radius 3 is 2.78 bits per heavy atom. The number of imidazole rings is 1. The van der Waals surface area contributed by atoms with Crippen LogP contribution in [0.25, 0.3) is 11.2 Å². The van der Waals surface area contributed by atoms with E-state index in [0.717, 1.165) is 43.7 Å². The number of unbranched alkanes of at least 4 members (excludes halogenated alkanes) is 1. The highest BCUT2D eigenvalue weighted by molar-refractivity contribution is 5.83. The largest absolute Gasteiger partial charge is 0.368 e. The first-order chi connectivity index (χ1) is 8.85. The van der Waals surface area contributed by atoms with Crippen molar-refractivity contribution in [3.63, 3.8) is 0 Å². The van der Waals surface area contributed by atoms with Crippen LogP contribution >= 0.6 is 0 Å². The number of aromatic amines is 1. The molecule has 0 unspecified atom stereocenters. The molecule has 0 aliphatic carbocycles.